The molecule has 1 heterocycles. The first-order valence-electron chi connectivity index (χ1n) is 9.87. The Balaban J connectivity index is 1.64. The Hall–Kier alpha value is -3.07. The summed E-state index contributed by atoms with van der Waals surface area (Å²) in [7, 11) is 0. The quantitative estimate of drug-likeness (QED) is 0.352. The number of H-pyrrole nitrogens is 1. The van der Waals surface area contributed by atoms with Crippen LogP contribution in [0.3, 0.4) is 0 Å². The van der Waals surface area contributed by atoms with E-state index in [1.165, 1.54) is 0 Å². The lowest BCUT2D eigenvalue weighted by Gasteiger charge is -2.16. The number of aromatic amines is 1. The number of carbonyl (C=O) groups is 1. The van der Waals surface area contributed by atoms with Crippen molar-refractivity contribution in [2.24, 2.45) is 0 Å². The molecule has 0 spiro atoms. The summed E-state index contributed by atoms with van der Waals surface area (Å²) in [5.74, 6) is 5.89. The summed E-state index contributed by atoms with van der Waals surface area (Å²) < 4.78 is 0. The number of hydrogen-bond donors (Lipinski definition) is 4. The number of unbranched alkanes of at least 4 members (excludes halogenated alkanes) is 2. The van der Waals surface area contributed by atoms with Gasteiger partial charge in [0.15, 0.2) is 0 Å². The number of para-hydroxylation sites is 1. The molecule has 4 N–H and O–H groups in total. The molecule has 1 amide bonds. The molecule has 1 aromatic heterocycles. The number of aromatic nitrogens is 1. The molecule has 0 unspecified atom stereocenters. The highest BCUT2D eigenvalue weighted by Crippen LogP contribution is 2.19. The molecule has 0 aliphatic carbocycles. The molecule has 0 radical (unpaired) electrons. The Morgan fingerprint density at radius 1 is 1.10 bits per heavy atom. The van der Waals surface area contributed by atoms with Crippen LogP contribution in [-0.4, -0.2) is 40.4 Å². The van der Waals surface area contributed by atoms with Crippen LogP contribution in [0, 0.1) is 11.8 Å². The zero-order valence-corrected chi connectivity index (χ0v) is 16.3. The van der Waals surface area contributed by atoms with Gasteiger partial charge >= 0.3 is 0 Å². The van der Waals surface area contributed by atoms with Crippen molar-refractivity contribution in [1.82, 2.24) is 10.3 Å². The lowest BCUT2D eigenvalue weighted by atomic mass is 10.0. The van der Waals surface area contributed by atoms with Crippen molar-refractivity contribution in [3.8, 4) is 11.8 Å². The number of benzene rings is 2. The average Bonchev–Trinajstić information content (AvgIpc) is 3.16. The van der Waals surface area contributed by atoms with Crippen molar-refractivity contribution in [2.75, 3.05) is 13.2 Å². The van der Waals surface area contributed by atoms with E-state index in [4.69, 9.17) is 5.11 Å². The molecular weight excluding hydrogens is 364 g/mol. The number of rotatable bonds is 8. The second-order valence-corrected chi connectivity index (χ2v) is 6.98. The summed E-state index contributed by atoms with van der Waals surface area (Å²) >= 11 is 0. The van der Waals surface area contributed by atoms with Gasteiger partial charge in [0.25, 0.3) is 5.91 Å². The van der Waals surface area contributed by atoms with E-state index < -0.39 is 0 Å². The van der Waals surface area contributed by atoms with E-state index in [-0.39, 0.29) is 25.2 Å². The molecule has 0 aliphatic heterocycles. The van der Waals surface area contributed by atoms with E-state index in [9.17, 15) is 9.90 Å². The smallest absolute Gasteiger partial charge is 0.251 e. The molecule has 0 saturated heterocycles. The molecule has 0 saturated carbocycles. The summed E-state index contributed by atoms with van der Waals surface area (Å²) in [6.45, 7) is 0.0392. The van der Waals surface area contributed by atoms with Crippen LogP contribution in [0.2, 0.25) is 0 Å². The molecule has 0 bridgehead atoms. The SMILES string of the molecule is O=C(N[C@@H](CO)Cc1c[nH]c2ccccc12)c1cccc(C#CCCCCO)c1. The number of nitrogens with one attached hydrogen (secondary N) is 2. The fourth-order valence-corrected chi connectivity index (χ4v) is 3.22. The first-order valence-corrected chi connectivity index (χ1v) is 9.87. The molecule has 150 valence electrons. The van der Waals surface area contributed by atoms with E-state index in [1.54, 1.807) is 18.2 Å². The van der Waals surface area contributed by atoms with E-state index in [0.29, 0.717) is 18.4 Å². The lowest BCUT2D eigenvalue weighted by molar-refractivity contribution is 0.0916. The summed E-state index contributed by atoms with van der Waals surface area (Å²) in [5, 5.41) is 22.6. The number of aliphatic hydroxyl groups is 2. The van der Waals surface area contributed by atoms with Crippen molar-refractivity contribution in [1.29, 1.82) is 0 Å². The molecular formula is C24H26N2O3. The zero-order valence-electron chi connectivity index (χ0n) is 16.3. The van der Waals surface area contributed by atoms with Crippen molar-refractivity contribution >= 4 is 16.8 Å². The van der Waals surface area contributed by atoms with E-state index >= 15 is 0 Å². The van der Waals surface area contributed by atoms with Crippen LogP contribution in [0.1, 0.15) is 40.7 Å². The normalized spacial score (nSPS) is 11.7. The Bertz CT molecular complexity index is 1010. The highest BCUT2D eigenvalue weighted by molar-refractivity contribution is 5.94. The topological polar surface area (TPSA) is 85.4 Å². The van der Waals surface area contributed by atoms with Gasteiger partial charge in [-0.25, -0.2) is 0 Å². The van der Waals surface area contributed by atoms with Crippen molar-refractivity contribution in [2.45, 2.75) is 31.7 Å². The van der Waals surface area contributed by atoms with Crippen LogP contribution in [0.5, 0.6) is 0 Å². The van der Waals surface area contributed by atoms with Gasteiger partial charge in [-0.15, -0.1) is 0 Å². The van der Waals surface area contributed by atoms with Gasteiger partial charge in [0, 0.05) is 41.3 Å². The highest BCUT2D eigenvalue weighted by Gasteiger charge is 2.15. The Morgan fingerprint density at radius 2 is 1.97 bits per heavy atom. The van der Waals surface area contributed by atoms with E-state index in [1.807, 2.05) is 36.5 Å². The molecule has 0 aliphatic rings. The minimum absolute atomic E-state index is 0.143. The lowest BCUT2D eigenvalue weighted by Crippen LogP contribution is -2.39. The fourth-order valence-electron chi connectivity index (χ4n) is 3.22. The van der Waals surface area contributed by atoms with Crippen LogP contribution in [0.4, 0.5) is 0 Å². The predicted octanol–water partition coefficient (Wildman–Crippen LogP) is 3.02. The third-order valence-corrected chi connectivity index (χ3v) is 4.76. The molecule has 3 rings (SSSR count). The third-order valence-electron chi connectivity index (χ3n) is 4.76. The van der Waals surface area contributed by atoms with Crippen LogP contribution in [-0.2, 0) is 6.42 Å². The van der Waals surface area contributed by atoms with Gasteiger partial charge in [-0.05, 0) is 49.1 Å². The van der Waals surface area contributed by atoms with E-state index in [0.717, 1.165) is 34.9 Å². The van der Waals surface area contributed by atoms with Gasteiger partial charge < -0.3 is 20.5 Å². The van der Waals surface area contributed by atoms with Gasteiger partial charge in [0.2, 0.25) is 0 Å². The summed E-state index contributed by atoms with van der Waals surface area (Å²) in [6, 6.07) is 14.8. The van der Waals surface area contributed by atoms with Crippen molar-refractivity contribution in [3.63, 3.8) is 0 Å². The highest BCUT2D eigenvalue weighted by atomic mass is 16.3. The third kappa shape index (κ3) is 5.71. The minimum atomic E-state index is -0.380. The molecule has 1 atom stereocenters. The van der Waals surface area contributed by atoms with Crippen LogP contribution in [0.15, 0.2) is 54.7 Å². The first-order chi connectivity index (χ1) is 14.2. The molecule has 5 heteroatoms. The second-order valence-electron chi connectivity index (χ2n) is 6.98. The molecule has 2 aromatic carbocycles. The Kier molecular flexibility index (Phi) is 7.46. The Morgan fingerprint density at radius 3 is 2.79 bits per heavy atom. The summed E-state index contributed by atoms with van der Waals surface area (Å²) in [5.41, 5.74) is 3.39. The van der Waals surface area contributed by atoms with Crippen LogP contribution >= 0.6 is 0 Å². The van der Waals surface area contributed by atoms with Gasteiger partial charge in [-0.3, -0.25) is 4.79 Å². The summed E-state index contributed by atoms with van der Waals surface area (Å²) in [6.07, 6.45) is 4.78. The monoisotopic (exact) mass is 390 g/mol. The number of amides is 1. The van der Waals surface area contributed by atoms with Crippen LogP contribution in [0.25, 0.3) is 10.9 Å². The number of fused-ring (bicyclic) bond motifs is 1. The standard InChI is InChI=1S/C24H26N2O3/c27-13-6-2-1-3-8-18-9-7-10-19(14-18)24(29)26-21(17-28)15-20-16-25-23-12-5-4-11-22(20)23/h4-5,7,9-12,14,16,21,25,27-28H,1-2,6,13,15,17H2,(H,26,29)/t21-/m1/s1. The molecule has 3 aromatic rings. The maximum Gasteiger partial charge on any atom is 0.251 e. The number of carbonyl (C=O) groups excluding carboxylic acids is 1. The van der Waals surface area contributed by atoms with Crippen molar-refractivity contribution in [3.05, 3.63) is 71.4 Å². The number of aliphatic hydroxyl groups excluding tert-OH is 2. The minimum Gasteiger partial charge on any atom is -0.396 e. The predicted molar refractivity (Wildman–Crippen MR) is 115 cm³/mol. The maximum absolute atomic E-state index is 12.7. The Labute approximate surface area is 170 Å². The number of hydrogen-bond acceptors (Lipinski definition) is 3. The summed E-state index contributed by atoms with van der Waals surface area (Å²) in [4.78, 5) is 15.9. The molecule has 5 nitrogen and oxygen atoms in total. The fraction of sp³-hybridized carbons (Fsp3) is 0.292. The average molecular weight is 390 g/mol. The second kappa shape index (κ2) is 10.5. The van der Waals surface area contributed by atoms with Crippen molar-refractivity contribution < 1.29 is 15.0 Å². The van der Waals surface area contributed by atoms with E-state index in [2.05, 4.69) is 22.1 Å². The maximum atomic E-state index is 12.7. The van der Waals surface area contributed by atoms with Gasteiger partial charge in [0.05, 0.1) is 12.6 Å². The van der Waals surface area contributed by atoms with Gasteiger partial charge in [-0.1, -0.05) is 36.1 Å². The van der Waals surface area contributed by atoms with Gasteiger partial charge in [0.1, 0.15) is 0 Å². The first kappa shape index (κ1) is 20.7. The molecule has 29 heavy (non-hydrogen) atoms. The largest absolute Gasteiger partial charge is 0.396 e. The van der Waals surface area contributed by atoms with Gasteiger partial charge in [-0.2, -0.15) is 0 Å². The van der Waals surface area contributed by atoms with Crippen LogP contribution < -0.4 is 5.32 Å². The molecule has 0 fully saturated rings. The zero-order chi connectivity index (χ0) is 20.5.